The fourth-order valence-electron chi connectivity index (χ4n) is 2.32. The second-order valence-corrected chi connectivity index (χ2v) is 7.31. The molecule has 0 unspecified atom stereocenters. The fourth-order valence-corrected chi connectivity index (χ4v) is 4.00. The van der Waals surface area contributed by atoms with Crippen molar-refractivity contribution in [1.82, 2.24) is 9.97 Å². The van der Waals surface area contributed by atoms with E-state index in [0.29, 0.717) is 5.82 Å². The molecule has 2 aromatic rings. The van der Waals surface area contributed by atoms with Crippen LogP contribution in [-0.4, -0.2) is 15.7 Å². The van der Waals surface area contributed by atoms with Crippen molar-refractivity contribution in [2.45, 2.75) is 63.4 Å². The largest absolute Gasteiger partial charge is 0.383 e. The minimum absolute atomic E-state index is 0.611. The van der Waals surface area contributed by atoms with E-state index in [4.69, 9.17) is 5.73 Å². The summed E-state index contributed by atoms with van der Waals surface area (Å²) in [7, 11) is 0. The van der Waals surface area contributed by atoms with Crippen molar-refractivity contribution < 1.29 is 0 Å². The van der Waals surface area contributed by atoms with Gasteiger partial charge in [0.05, 0.1) is 5.39 Å². The van der Waals surface area contributed by atoms with E-state index in [0.717, 1.165) is 21.1 Å². The summed E-state index contributed by atoms with van der Waals surface area (Å²) >= 11 is 3.36. The van der Waals surface area contributed by atoms with Crippen molar-refractivity contribution >= 4 is 39.1 Å². The zero-order chi connectivity index (χ0) is 14.9. The number of unbranched alkanes of at least 4 members (excludes halogenated alkanes) is 7. The van der Waals surface area contributed by atoms with Gasteiger partial charge in [0, 0.05) is 5.75 Å². The average Bonchev–Trinajstić information content (AvgIpc) is 2.94. The molecule has 0 radical (unpaired) electrons. The SMILES string of the molecule is CCCCCCCCCCSc1nc(N)c2ccsc2n1. The molecule has 2 heterocycles. The van der Waals surface area contributed by atoms with Gasteiger partial charge in [-0.05, 0) is 17.9 Å². The van der Waals surface area contributed by atoms with Crippen LogP contribution in [0.5, 0.6) is 0 Å². The first-order valence-corrected chi connectivity index (χ1v) is 9.81. The Kier molecular flexibility index (Phi) is 7.30. The minimum atomic E-state index is 0.611. The van der Waals surface area contributed by atoms with E-state index >= 15 is 0 Å². The monoisotopic (exact) mass is 323 g/mol. The molecule has 0 atom stereocenters. The lowest BCUT2D eigenvalue weighted by molar-refractivity contribution is 0.586. The van der Waals surface area contributed by atoms with Gasteiger partial charge in [0.1, 0.15) is 10.6 Å². The molecule has 5 heteroatoms. The second-order valence-electron chi connectivity index (χ2n) is 5.35. The highest BCUT2D eigenvalue weighted by atomic mass is 32.2. The Morgan fingerprint density at radius 1 is 1.05 bits per heavy atom. The molecule has 0 aliphatic heterocycles. The van der Waals surface area contributed by atoms with Crippen molar-refractivity contribution in [3.05, 3.63) is 11.4 Å². The highest BCUT2D eigenvalue weighted by Gasteiger charge is 2.06. The first kappa shape index (κ1) is 16.6. The van der Waals surface area contributed by atoms with Gasteiger partial charge in [-0.3, -0.25) is 0 Å². The van der Waals surface area contributed by atoms with Gasteiger partial charge in [0.25, 0.3) is 0 Å². The molecular weight excluding hydrogens is 298 g/mol. The van der Waals surface area contributed by atoms with Crippen LogP contribution in [-0.2, 0) is 0 Å². The maximum atomic E-state index is 5.95. The van der Waals surface area contributed by atoms with Crippen LogP contribution >= 0.6 is 23.1 Å². The Hall–Kier alpha value is -0.810. The maximum Gasteiger partial charge on any atom is 0.190 e. The Morgan fingerprint density at radius 2 is 1.76 bits per heavy atom. The van der Waals surface area contributed by atoms with Gasteiger partial charge < -0.3 is 5.73 Å². The van der Waals surface area contributed by atoms with Gasteiger partial charge >= 0.3 is 0 Å². The van der Waals surface area contributed by atoms with Crippen molar-refractivity contribution in [1.29, 1.82) is 0 Å². The third-order valence-electron chi connectivity index (χ3n) is 3.56. The number of nitrogens with two attached hydrogens (primary N) is 1. The van der Waals surface area contributed by atoms with Crippen LogP contribution in [0.15, 0.2) is 16.6 Å². The van der Waals surface area contributed by atoms with E-state index in [1.54, 1.807) is 23.1 Å². The molecule has 0 bridgehead atoms. The number of thiophene rings is 1. The highest BCUT2D eigenvalue weighted by Crippen LogP contribution is 2.26. The van der Waals surface area contributed by atoms with Gasteiger partial charge in [-0.25, -0.2) is 9.97 Å². The quantitative estimate of drug-likeness (QED) is 0.356. The summed E-state index contributed by atoms with van der Waals surface area (Å²) < 4.78 is 0. The van der Waals surface area contributed by atoms with Gasteiger partial charge in [-0.2, -0.15) is 0 Å². The first-order chi connectivity index (χ1) is 10.3. The number of hydrogen-bond acceptors (Lipinski definition) is 5. The lowest BCUT2D eigenvalue weighted by atomic mass is 10.1. The van der Waals surface area contributed by atoms with Crippen LogP contribution < -0.4 is 5.73 Å². The molecule has 0 saturated carbocycles. The van der Waals surface area contributed by atoms with E-state index in [-0.39, 0.29) is 0 Å². The van der Waals surface area contributed by atoms with Crippen LogP contribution in [0.3, 0.4) is 0 Å². The van der Waals surface area contributed by atoms with E-state index in [9.17, 15) is 0 Å². The molecule has 2 rings (SSSR count). The fraction of sp³-hybridized carbons (Fsp3) is 0.625. The van der Waals surface area contributed by atoms with E-state index in [1.165, 1.54) is 51.4 Å². The number of nitrogens with zero attached hydrogens (tertiary/aromatic N) is 2. The molecule has 0 saturated heterocycles. The first-order valence-electron chi connectivity index (χ1n) is 7.94. The normalized spacial score (nSPS) is 11.3. The zero-order valence-corrected chi connectivity index (χ0v) is 14.4. The van der Waals surface area contributed by atoms with Crippen molar-refractivity contribution in [2.75, 3.05) is 11.5 Å². The van der Waals surface area contributed by atoms with E-state index in [2.05, 4.69) is 16.9 Å². The summed E-state index contributed by atoms with van der Waals surface area (Å²) in [6, 6.07) is 1.99. The summed E-state index contributed by atoms with van der Waals surface area (Å²) in [6.45, 7) is 2.26. The molecule has 0 aliphatic carbocycles. The van der Waals surface area contributed by atoms with Crippen LogP contribution in [0.2, 0.25) is 0 Å². The summed E-state index contributed by atoms with van der Waals surface area (Å²) in [5.74, 6) is 1.70. The Morgan fingerprint density at radius 3 is 2.52 bits per heavy atom. The second kappa shape index (κ2) is 9.26. The van der Waals surface area contributed by atoms with Crippen LogP contribution in [0.25, 0.3) is 10.2 Å². The molecule has 116 valence electrons. The maximum absolute atomic E-state index is 5.95. The highest BCUT2D eigenvalue weighted by molar-refractivity contribution is 7.99. The van der Waals surface area contributed by atoms with E-state index < -0.39 is 0 Å². The summed E-state index contributed by atoms with van der Waals surface area (Å²) in [5, 5.41) is 3.82. The van der Waals surface area contributed by atoms with Crippen LogP contribution in [0.1, 0.15) is 58.3 Å². The summed E-state index contributed by atoms with van der Waals surface area (Å²) in [4.78, 5) is 9.93. The zero-order valence-electron chi connectivity index (χ0n) is 12.8. The lowest BCUT2D eigenvalue weighted by Gasteiger charge is -2.03. The predicted molar refractivity (Wildman–Crippen MR) is 95.2 cm³/mol. The molecule has 0 aliphatic rings. The van der Waals surface area contributed by atoms with Crippen LogP contribution in [0, 0.1) is 0 Å². The molecule has 0 fully saturated rings. The van der Waals surface area contributed by atoms with Gasteiger partial charge in [0.2, 0.25) is 0 Å². The van der Waals surface area contributed by atoms with Crippen molar-refractivity contribution in [3.63, 3.8) is 0 Å². The van der Waals surface area contributed by atoms with Gasteiger partial charge in [-0.15, -0.1) is 11.3 Å². The number of anilines is 1. The minimum Gasteiger partial charge on any atom is -0.383 e. The molecule has 3 nitrogen and oxygen atoms in total. The Bertz CT molecular complexity index is 539. The number of thioether (sulfide) groups is 1. The molecule has 21 heavy (non-hydrogen) atoms. The molecule has 0 amide bonds. The summed E-state index contributed by atoms with van der Waals surface area (Å²) in [6.07, 6.45) is 10.8. The Balaban J connectivity index is 1.62. The third kappa shape index (κ3) is 5.47. The summed E-state index contributed by atoms with van der Waals surface area (Å²) in [5.41, 5.74) is 5.95. The number of hydrogen-bond donors (Lipinski definition) is 1. The number of nitrogen functional groups attached to an aromatic ring is 1. The molecule has 2 N–H and O–H groups in total. The average molecular weight is 324 g/mol. The van der Waals surface area contributed by atoms with Crippen LogP contribution in [0.4, 0.5) is 5.82 Å². The van der Waals surface area contributed by atoms with Crippen molar-refractivity contribution in [2.24, 2.45) is 0 Å². The van der Waals surface area contributed by atoms with Crippen molar-refractivity contribution in [3.8, 4) is 0 Å². The molecular formula is C16H25N3S2. The number of fused-ring (bicyclic) bond motifs is 1. The number of rotatable bonds is 10. The molecule has 2 aromatic heterocycles. The third-order valence-corrected chi connectivity index (χ3v) is 5.30. The van der Waals surface area contributed by atoms with Gasteiger partial charge in [-0.1, -0.05) is 63.6 Å². The molecule has 0 aromatic carbocycles. The topological polar surface area (TPSA) is 51.8 Å². The van der Waals surface area contributed by atoms with E-state index in [1.807, 2.05) is 11.4 Å². The predicted octanol–water partition coefficient (Wildman–Crippen LogP) is 5.51. The van der Waals surface area contributed by atoms with Gasteiger partial charge in [0.15, 0.2) is 5.16 Å². The smallest absolute Gasteiger partial charge is 0.190 e. The Labute approximate surface area is 135 Å². The number of aromatic nitrogens is 2. The lowest BCUT2D eigenvalue weighted by Crippen LogP contribution is -1.95. The standard InChI is InChI=1S/C16H25N3S2/c1-2-3-4-5-6-7-8-9-11-21-16-18-14(17)13-10-12-20-15(13)19-16/h10,12H,2-9,11H2,1H3,(H2,17,18,19). The molecule has 0 spiro atoms.